The lowest BCUT2D eigenvalue weighted by molar-refractivity contribution is -0.132. The highest BCUT2D eigenvalue weighted by Crippen LogP contribution is 2.44. The van der Waals surface area contributed by atoms with E-state index in [1.807, 2.05) is 13.0 Å². The number of amides is 1. The van der Waals surface area contributed by atoms with E-state index in [1.54, 1.807) is 48.5 Å². The molecule has 1 atom stereocenters. The zero-order chi connectivity index (χ0) is 23.7. The van der Waals surface area contributed by atoms with Crippen LogP contribution in [-0.4, -0.2) is 36.1 Å². The summed E-state index contributed by atoms with van der Waals surface area (Å²) in [6.07, 6.45) is 0. The number of phenolic OH excluding ortho intramolecular Hbond substituents is 1. The molecule has 0 bridgehead atoms. The van der Waals surface area contributed by atoms with Gasteiger partial charge in [0.15, 0.2) is 0 Å². The summed E-state index contributed by atoms with van der Waals surface area (Å²) in [5.41, 5.74) is 2.07. The van der Waals surface area contributed by atoms with Crippen LogP contribution in [-0.2, 0) is 9.59 Å². The predicted octanol–water partition coefficient (Wildman–Crippen LogP) is 4.34. The molecular weight excluding hydrogens is 422 g/mol. The number of anilines is 1. The number of ether oxygens (including phenoxy) is 2. The topological polar surface area (TPSA) is 96.3 Å². The van der Waals surface area contributed by atoms with Crippen LogP contribution in [0.3, 0.4) is 0 Å². The van der Waals surface area contributed by atoms with Gasteiger partial charge in [0.1, 0.15) is 23.0 Å². The highest BCUT2D eigenvalue weighted by atomic mass is 16.5. The van der Waals surface area contributed by atoms with E-state index < -0.39 is 17.7 Å². The number of ketones is 1. The third kappa shape index (κ3) is 3.89. The first kappa shape index (κ1) is 22.0. The van der Waals surface area contributed by atoms with Gasteiger partial charge in [-0.15, -0.1) is 0 Å². The lowest BCUT2D eigenvalue weighted by Gasteiger charge is -2.26. The first-order valence-corrected chi connectivity index (χ1v) is 10.2. The molecule has 1 saturated heterocycles. The lowest BCUT2D eigenvalue weighted by atomic mass is 9.94. The molecule has 0 radical (unpaired) electrons. The molecule has 3 aromatic carbocycles. The van der Waals surface area contributed by atoms with Crippen LogP contribution < -0.4 is 14.4 Å². The molecule has 0 spiro atoms. The van der Waals surface area contributed by atoms with Gasteiger partial charge in [-0.2, -0.15) is 0 Å². The van der Waals surface area contributed by atoms with Crippen molar-refractivity contribution in [2.75, 3.05) is 19.1 Å². The molecule has 1 aliphatic heterocycles. The number of methoxy groups -OCH3 is 2. The molecule has 0 aromatic heterocycles. The number of aliphatic hydroxyl groups excluding tert-OH is 1. The van der Waals surface area contributed by atoms with Gasteiger partial charge in [0.05, 0.1) is 31.4 Å². The van der Waals surface area contributed by atoms with E-state index >= 15 is 0 Å². The number of carbonyl (C=O) groups is 2. The molecule has 168 valence electrons. The average Bonchev–Trinajstić information content (AvgIpc) is 3.09. The molecule has 4 rings (SSSR count). The molecule has 33 heavy (non-hydrogen) atoms. The van der Waals surface area contributed by atoms with Gasteiger partial charge in [-0.05, 0) is 48.9 Å². The number of nitrogens with zero attached hydrogens (tertiary/aromatic N) is 1. The highest BCUT2D eigenvalue weighted by Gasteiger charge is 2.47. The molecule has 2 N–H and O–H groups in total. The largest absolute Gasteiger partial charge is 0.508 e. The summed E-state index contributed by atoms with van der Waals surface area (Å²) in [7, 11) is 2.97. The Morgan fingerprint density at radius 3 is 2.33 bits per heavy atom. The van der Waals surface area contributed by atoms with Crippen molar-refractivity contribution >= 4 is 23.1 Å². The summed E-state index contributed by atoms with van der Waals surface area (Å²) >= 11 is 0. The minimum Gasteiger partial charge on any atom is -0.508 e. The van der Waals surface area contributed by atoms with Crippen LogP contribution >= 0.6 is 0 Å². The maximum absolute atomic E-state index is 13.3. The quantitative estimate of drug-likeness (QED) is 0.345. The molecule has 1 heterocycles. The van der Waals surface area contributed by atoms with Crippen molar-refractivity contribution < 1.29 is 29.3 Å². The Morgan fingerprint density at radius 1 is 0.939 bits per heavy atom. The minimum absolute atomic E-state index is 0.0393. The number of aromatic hydroxyl groups is 1. The van der Waals surface area contributed by atoms with Crippen LogP contribution in [0.15, 0.2) is 72.3 Å². The zero-order valence-electron chi connectivity index (χ0n) is 18.4. The summed E-state index contributed by atoms with van der Waals surface area (Å²) in [4.78, 5) is 27.8. The van der Waals surface area contributed by atoms with Crippen LogP contribution in [0.2, 0.25) is 0 Å². The second-order valence-corrected chi connectivity index (χ2v) is 7.67. The summed E-state index contributed by atoms with van der Waals surface area (Å²) in [5, 5.41) is 21.1. The number of Topliss-reactive ketones (excluding diaryl/α,β-unsaturated/α-hetero) is 1. The van der Waals surface area contributed by atoms with Gasteiger partial charge in [0, 0.05) is 11.8 Å². The smallest absolute Gasteiger partial charge is 0.300 e. The Hall–Kier alpha value is -4.26. The van der Waals surface area contributed by atoms with Crippen molar-refractivity contribution in [2.24, 2.45) is 0 Å². The molecule has 7 heteroatoms. The van der Waals surface area contributed by atoms with Crippen LogP contribution in [0.4, 0.5) is 5.69 Å². The van der Waals surface area contributed by atoms with E-state index in [2.05, 4.69) is 0 Å². The number of aryl methyl sites for hydroxylation is 1. The maximum atomic E-state index is 13.3. The molecule has 7 nitrogen and oxygen atoms in total. The first-order chi connectivity index (χ1) is 15.8. The van der Waals surface area contributed by atoms with Gasteiger partial charge >= 0.3 is 0 Å². The summed E-state index contributed by atoms with van der Waals surface area (Å²) in [6.45, 7) is 1.85. The van der Waals surface area contributed by atoms with E-state index in [1.165, 1.54) is 31.3 Å². The molecular formula is C26H23NO6. The van der Waals surface area contributed by atoms with Crippen molar-refractivity contribution in [1.82, 2.24) is 0 Å². The number of hydrogen-bond acceptors (Lipinski definition) is 6. The van der Waals surface area contributed by atoms with Gasteiger partial charge in [-0.3, -0.25) is 14.5 Å². The van der Waals surface area contributed by atoms with Gasteiger partial charge in [0.2, 0.25) is 0 Å². The van der Waals surface area contributed by atoms with E-state index in [9.17, 15) is 19.8 Å². The van der Waals surface area contributed by atoms with Crippen LogP contribution in [0.1, 0.15) is 22.7 Å². The number of hydrogen-bond donors (Lipinski definition) is 2. The number of phenols is 1. The predicted molar refractivity (Wildman–Crippen MR) is 124 cm³/mol. The van der Waals surface area contributed by atoms with E-state index in [0.29, 0.717) is 28.3 Å². The Kier molecular flexibility index (Phi) is 5.79. The van der Waals surface area contributed by atoms with E-state index in [0.717, 1.165) is 5.56 Å². The Labute approximate surface area is 191 Å². The summed E-state index contributed by atoms with van der Waals surface area (Å²) < 4.78 is 10.7. The second kappa shape index (κ2) is 8.70. The van der Waals surface area contributed by atoms with E-state index in [-0.39, 0.29) is 17.1 Å². The second-order valence-electron chi connectivity index (χ2n) is 7.67. The third-order valence-corrected chi connectivity index (χ3v) is 5.59. The maximum Gasteiger partial charge on any atom is 0.300 e. The fourth-order valence-corrected chi connectivity index (χ4v) is 3.98. The van der Waals surface area contributed by atoms with Crippen molar-refractivity contribution in [3.8, 4) is 17.2 Å². The first-order valence-electron chi connectivity index (χ1n) is 10.2. The number of rotatable bonds is 5. The van der Waals surface area contributed by atoms with Gasteiger partial charge < -0.3 is 19.7 Å². The fraction of sp³-hybridized carbons (Fsp3) is 0.154. The molecule has 0 aliphatic carbocycles. The van der Waals surface area contributed by atoms with Gasteiger partial charge in [0.25, 0.3) is 11.7 Å². The van der Waals surface area contributed by atoms with Crippen molar-refractivity contribution in [3.05, 3.63) is 89.0 Å². The standard InChI is InChI=1S/C26H23NO6/c1-15-7-12-21(33-3)20(13-15)24(29)22-23(16-8-10-18(28)11-9-16)27(26(31)25(22)30)17-5-4-6-19(14-17)32-2/h4-14,23,28-29H,1-3H3/b24-22+. The Balaban J connectivity index is 1.98. The van der Waals surface area contributed by atoms with Gasteiger partial charge in [-0.25, -0.2) is 0 Å². The van der Waals surface area contributed by atoms with E-state index in [4.69, 9.17) is 9.47 Å². The lowest BCUT2D eigenvalue weighted by Crippen LogP contribution is -2.29. The molecule has 3 aromatic rings. The van der Waals surface area contributed by atoms with Crippen LogP contribution in [0.25, 0.3) is 5.76 Å². The summed E-state index contributed by atoms with van der Waals surface area (Å²) in [6, 6.07) is 17.2. The Morgan fingerprint density at radius 2 is 1.67 bits per heavy atom. The monoisotopic (exact) mass is 445 g/mol. The average molecular weight is 445 g/mol. The summed E-state index contributed by atoms with van der Waals surface area (Å²) in [5.74, 6) is -1.02. The fourth-order valence-electron chi connectivity index (χ4n) is 3.98. The van der Waals surface area contributed by atoms with Gasteiger partial charge in [-0.1, -0.05) is 29.8 Å². The Bertz CT molecular complexity index is 1260. The number of aliphatic hydroxyl groups is 1. The van der Waals surface area contributed by atoms with Crippen molar-refractivity contribution in [2.45, 2.75) is 13.0 Å². The molecule has 1 unspecified atom stereocenters. The van der Waals surface area contributed by atoms with Crippen LogP contribution in [0, 0.1) is 6.92 Å². The van der Waals surface area contributed by atoms with Crippen molar-refractivity contribution in [3.63, 3.8) is 0 Å². The normalized spacial score (nSPS) is 17.3. The number of benzene rings is 3. The number of carbonyl (C=O) groups excluding carboxylic acids is 2. The molecule has 0 saturated carbocycles. The SMILES string of the molecule is COc1cccc(N2C(=O)C(=O)/C(=C(/O)c3cc(C)ccc3OC)C2c2ccc(O)cc2)c1. The highest BCUT2D eigenvalue weighted by molar-refractivity contribution is 6.51. The zero-order valence-corrected chi connectivity index (χ0v) is 18.4. The minimum atomic E-state index is -0.928. The third-order valence-electron chi connectivity index (χ3n) is 5.59. The molecule has 1 aliphatic rings. The van der Waals surface area contributed by atoms with Crippen molar-refractivity contribution in [1.29, 1.82) is 0 Å². The molecule has 1 fully saturated rings. The molecule has 1 amide bonds. The van der Waals surface area contributed by atoms with Crippen LogP contribution in [0.5, 0.6) is 17.2 Å².